The van der Waals surface area contributed by atoms with Crippen LogP contribution < -0.4 is 4.90 Å². The summed E-state index contributed by atoms with van der Waals surface area (Å²) in [6.45, 7) is 0. The van der Waals surface area contributed by atoms with Crippen LogP contribution in [0.4, 0.5) is 18.9 Å². The monoisotopic (exact) mass is 379 g/mol. The fraction of sp³-hybridized carbons (Fsp3) is 0.333. The number of amides is 1. The van der Waals surface area contributed by atoms with Gasteiger partial charge in [0.1, 0.15) is 6.04 Å². The number of carbonyl (C=O) groups is 2. The van der Waals surface area contributed by atoms with Crippen molar-refractivity contribution in [2.45, 2.75) is 24.6 Å². The summed E-state index contributed by atoms with van der Waals surface area (Å²) < 4.78 is 39.2. The van der Waals surface area contributed by atoms with Crippen molar-refractivity contribution in [1.29, 1.82) is 0 Å². The van der Waals surface area contributed by atoms with E-state index in [9.17, 15) is 27.9 Å². The number of alkyl halides is 3. The number of anilines is 1. The van der Waals surface area contributed by atoms with E-state index in [1.54, 1.807) is 12.2 Å². The fourth-order valence-electron chi connectivity index (χ4n) is 3.41. The second-order valence-electron chi connectivity index (χ2n) is 5.60. The Morgan fingerprint density at radius 1 is 1.21 bits per heavy atom. The van der Waals surface area contributed by atoms with Gasteiger partial charge >= 0.3 is 18.1 Å². The Balaban J connectivity index is 2.30. The van der Waals surface area contributed by atoms with E-state index in [1.165, 1.54) is 12.1 Å². The van der Waals surface area contributed by atoms with Crippen molar-refractivity contribution in [3.63, 3.8) is 0 Å². The summed E-state index contributed by atoms with van der Waals surface area (Å²) in [6.07, 6.45) is -1.65. The highest BCUT2D eigenvalue weighted by Crippen LogP contribution is 2.53. The molecule has 9 heteroatoms. The van der Waals surface area contributed by atoms with Crippen molar-refractivity contribution in [1.82, 2.24) is 0 Å². The van der Waals surface area contributed by atoms with Gasteiger partial charge in [-0.25, -0.2) is 4.79 Å². The van der Waals surface area contributed by atoms with Gasteiger partial charge in [0.25, 0.3) is 0 Å². The molecule has 0 fully saturated rings. The lowest BCUT2D eigenvalue weighted by Gasteiger charge is -2.42. The number of nitrogens with zero attached hydrogens (tertiary/aromatic N) is 1. The standard InChI is InChI=1S/C15H10Cl2F3NO3/c16-8-4-5-9(17)12-10(8)6-2-1-3-7(6)11(13(22)23)21(12)14(24)15(18,19)20/h1-2,4-7,11H,3H2,(H,22,23)/t6-,7+,11-/m0/s1. The minimum atomic E-state index is -5.24. The lowest BCUT2D eigenvalue weighted by atomic mass is 9.78. The van der Waals surface area contributed by atoms with Crippen molar-refractivity contribution < 1.29 is 27.9 Å². The van der Waals surface area contributed by atoms with Crippen molar-refractivity contribution in [3.05, 3.63) is 39.9 Å². The normalized spacial score (nSPS) is 25.4. The Labute approximate surface area is 144 Å². The molecule has 3 rings (SSSR count). The maximum absolute atomic E-state index is 13.1. The zero-order chi connectivity index (χ0) is 17.8. The zero-order valence-electron chi connectivity index (χ0n) is 11.8. The number of rotatable bonds is 1. The van der Waals surface area contributed by atoms with E-state index >= 15 is 0 Å². The topological polar surface area (TPSA) is 57.6 Å². The summed E-state index contributed by atoms with van der Waals surface area (Å²) in [5, 5.41) is 9.47. The molecule has 1 N–H and O–H groups in total. The fourth-order valence-corrected chi connectivity index (χ4v) is 3.95. The van der Waals surface area contributed by atoms with Crippen LogP contribution in [0.5, 0.6) is 0 Å². The number of carboxylic acid groups (broad SMARTS) is 1. The molecule has 128 valence electrons. The molecule has 0 saturated heterocycles. The highest BCUT2D eigenvalue weighted by atomic mass is 35.5. The lowest BCUT2D eigenvalue weighted by Crippen LogP contribution is -2.57. The van der Waals surface area contributed by atoms with Gasteiger partial charge in [0.05, 0.1) is 10.7 Å². The number of fused-ring (bicyclic) bond motifs is 3. The van der Waals surface area contributed by atoms with E-state index in [0.29, 0.717) is 0 Å². The highest BCUT2D eigenvalue weighted by Gasteiger charge is 2.54. The molecule has 1 aliphatic carbocycles. The summed E-state index contributed by atoms with van der Waals surface area (Å²) in [4.78, 5) is 23.9. The smallest absolute Gasteiger partial charge is 0.471 e. The van der Waals surface area contributed by atoms with E-state index in [1.807, 2.05) is 0 Å². The molecule has 2 aliphatic rings. The van der Waals surface area contributed by atoms with Crippen LogP contribution in [-0.2, 0) is 9.59 Å². The first kappa shape index (κ1) is 17.1. The Kier molecular flexibility index (Phi) is 4.04. The number of allylic oxidation sites excluding steroid dienone is 2. The van der Waals surface area contributed by atoms with Crippen LogP contribution in [-0.4, -0.2) is 29.2 Å². The average molecular weight is 380 g/mol. The van der Waals surface area contributed by atoms with Crippen molar-refractivity contribution in [2.75, 3.05) is 4.90 Å². The molecule has 0 unspecified atom stereocenters. The molecule has 4 nitrogen and oxygen atoms in total. The third kappa shape index (κ3) is 2.46. The van der Waals surface area contributed by atoms with Gasteiger partial charge in [-0.3, -0.25) is 9.69 Å². The molecular weight excluding hydrogens is 370 g/mol. The van der Waals surface area contributed by atoms with Crippen LogP contribution in [0, 0.1) is 5.92 Å². The molecule has 1 aromatic rings. The molecule has 24 heavy (non-hydrogen) atoms. The van der Waals surface area contributed by atoms with E-state index in [-0.39, 0.29) is 32.6 Å². The van der Waals surface area contributed by atoms with Crippen LogP contribution in [0.15, 0.2) is 24.3 Å². The first-order valence-corrected chi connectivity index (χ1v) is 7.68. The van der Waals surface area contributed by atoms with Gasteiger partial charge in [0.15, 0.2) is 0 Å². The Bertz CT molecular complexity index is 763. The van der Waals surface area contributed by atoms with Gasteiger partial charge in [0, 0.05) is 22.4 Å². The van der Waals surface area contributed by atoms with Crippen LogP contribution in [0.2, 0.25) is 10.0 Å². The second kappa shape index (κ2) is 5.67. The third-order valence-corrected chi connectivity index (χ3v) is 4.93. The van der Waals surface area contributed by atoms with Crippen molar-refractivity contribution >= 4 is 40.8 Å². The van der Waals surface area contributed by atoms with E-state index in [2.05, 4.69) is 0 Å². The Hall–Kier alpha value is -1.73. The number of carboxylic acids is 1. The molecule has 0 saturated carbocycles. The van der Waals surface area contributed by atoms with Gasteiger partial charge in [-0.05, 0) is 18.6 Å². The lowest BCUT2D eigenvalue weighted by molar-refractivity contribution is -0.172. The summed E-state index contributed by atoms with van der Waals surface area (Å²) in [5.41, 5.74) is -0.0373. The first-order valence-electron chi connectivity index (χ1n) is 6.92. The minimum Gasteiger partial charge on any atom is -0.480 e. The van der Waals surface area contributed by atoms with E-state index < -0.39 is 35.9 Å². The summed E-state index contributed by atoms with van der Waals surface area (Å²) in [5.74, 6) is -5.04. The van der Waals surface area contributed by atoms with Crippen molar-refractivity contribution in [3.8, 4) is 0 Å². The Morgan fingerprint density at radius 3 is 2.42 bits per heavy atom. The molecule has 3 atom stereocenters. The molecule has 1 aromatic carbocycles. The van der Waals surface area contributed by atoms with Crippen LogP contribution >= 0.6 is 23.2 Å². The van der Waals surface area contributed by atoms with Gasteiger partial charge < -0.3 is 5.11 Å². The number of aliphatic carboxylic acids is 1. The van der Waals surface area contributed by atoms with E-state index in [4.69, 9.17) is 23.2 Å². The maximum Gasteiger partial charge on any atom is 0.471 e. The van der Waals surface area contributed by atoms with Crippen molar-refractivity contribution in [2.24, 2.45) is 5.92 Å². The predicted octanol–water partition coefficient (Wildman–Crippen LogP) is 4.02. The van der Waals surface area contributed by atoms with Crippen LogP contribution in [0.1, 0.15) is 17.9 Å². The molecule has 0 radical (unpaired) electrons. The second-order valence-corrected chi connectivity index (χ2v) is 6.42. The summed E-state index contributed by atoms with van der Waals surface area (Å²) >= 11 is 12.2. The van der Waals surface area contributed by atoms with Crippen LogP contribution in [0.3, 0.4) is 0 Å². The number of carbonyl (C=O) groups excluding carboxylic acids is 1. The van der Waals surface area contributed by atoms with Crippen LogP contribution in [0.25, 0.3) is 0 Å². The molecular formula is C15H10Cl2F3NO3. The van der Waals surface area contributed by atoms with Gasteiger partial charge in [-0.15, -0.1) is 0 Å². The highest BCUT2D eigenvalue weighted by molar-refractivity contribution is 6.37. The average Bonchev–Trinajstić information content (AvgIpc) is 2.95. The summed E-state index contributed by atoms with van der Waals surface area (Å²) in [6, 6.07) is 0.989. The molecule has 0 spiro atoms. The van der Waals surface area contributed by atoms with Gasteiger partial charge in [-0.2, -0.15) is 13.2 Å². The number of hydrogen-bond acceptors (Lipinski definition) is 2. The molecule has 1 aliphatic heterocycles. The molecule has 1 amide bonds. The summed E-state index contributed by atoms with van der Waals surface area (Å²) in [7, 11) is 0. The quantitative estimate of drug-likeness (QED) is 0.749. The largest absolute Gasteiger partial charge is 0.480 e. The molecule has 1 heterocycles. The SMILES string of the molecule is O=C(O)[C@@H]1[C@@H]2CC=C[C@@H]2c2c(Cl)ccc(Cl)c2N1C(=O)C(F)(F)F. The number of halogens is 5. The predicted molar refractivity (Wildman–Crippen MR) is 81.4 cm³/mol. The van der Waals surface area contributed by atoms with E-state index in [0.717, 1.165) is 0 Å². The number of benzene rings is 1. The Morgan fingerprint density at radius 2 is 1.83 bits per heavy atom. The van der Waals surface area contributed by atoms with Gasteiger partial charge in [0.2, 0.25) is 0 Å². The third-order valence-electron chi connectivity index (χ3n) is 4.30. The van der Waals surface area contributed by atoms with Gasteiger partial charge in [-0.1, -0.05) is 35.4 Å². The minimum absolute atomic E-state index is 0.139. The number of hydrogen-bond donors (Lipinski definition) is 1. The molecule has 0 aromatic heterocycles. The first-order chi connectivity index (χ1) is 11.1. The zero-order valence-corrected chi connectivity index (χ0v) is 13.4. The molecule has 0 bridgehead atoms. The maximum atomic E-state index is 13.1.